The van der Waals surface area contributed by atoms with E-state index < -0.39 is 15.9 Å². The second-order valence-electron chi connectivity index (χ2n) is 7.45. The van der Waals surface area contributed by atoms with Crippen molar-refractivity contribution in [2.45, 2.75) is 24.9 Å². The standard InChI is InChI=1S/C24H24Cl2N2O4S/c1-17-3-11-22(12-4-17)33(30,31)28(15-19-7-8-20(25)13-23(19)26)16-24(29)27-14-18-5-9-21(32-2)10-6-18/h3-13H,14-16H2,1-2H3,(H,27,29). The second-order valence-corrected chi connectivity index (χ2v) is 10.2. The number of rotatable bonds is 9. The van der Waals surface area contributed by atoms with Crippen LogP contribution in [0.3, 0.4) is 0 Å². The number of nitrogens with one attached hydrogen (secondary N) is 1. The van der Waals surface area contributed by atoms with E-state index in [0.717, 1.165) is 15.4 Å². The first-order valence-corrected chi connectivity index (χ1v) is 12.3. The van der Waals surface area contributed by atoms with Gasteiger partial charge in [0.05, 0.1) is 18.6 Å². The van der Waals surface area contributed by atoms with Crippen LogP contribution in [0.1, 0.15) is 16.7 Å². The van der Waals surface area contributed by atoms with E-state index in [1.807, 2.05) is 19.1 Å². The van der Waals surface area contributed by atoms with Crippen LogP contribution in [0.4, 0.5) is 0 Å². The molecule has 0 aromatic heterocycles. The minimum atomic E-state index is -3.97. The monoisotopic (exact) mass is 506 g/mol. The Morgan fingerprint density at radius 2 is 1.67 bits per heavy atom. The normalized spacial score (nSPS) is 11.4. The van der Waals surface area contributed by atoms with Crippen molar-refractivity contribution in [1.29, 1.82) is 0 Å². The maximum absolute atomic E-state index is 13.4. The number of carbonyl (C=O) groups excluding carboxylic acids is 1. The van der Waals surface area contributed by atoms with E-state index in [4.69, 9.17) is 27.9 Å². The summed E-state index contributed by atoms with van der Waals surface area (Å²) in [6.45, 7) is 1.67. The second kappa shape index (κ2) is 11.0. The molecule has 0 unspecified atom stereocenters. The van der Waals surface area contributed by atoms with E-state index in [0.29, 0.717) is 21.4 Å². The van der Waals surface area contributed by atoms with Gasteiger partial charge in [-0.3, -0.25) is 4.79 Å². The van der Waals surface area contributed by atoms with Crippen LogP contribution in [-0.2, 0) is 27.9 Å². The molecule has 1 amide bonds. The Labute approximate surface area is 204 Å². The predicted octanol–water partition coefficient (Wildman–Crippen LogP) is 4.82. The average molecular weight is 507 g/mol. The molecular weight excluding hydrogens is 483 g/mol. The highest BCUT2D eigenvalue weighted by Crippen LogP contribution is 2.25. The molecule has 0 saturated heterocycles. The number of hydrogen-bond acceptors (Lipinski definition) is 4. The van der Waals surface area contributed by atoms with E-state index >= 15 is 0 Å². The fraction of sp³-hybridized carbons (Fsp3) is 0.208. The molecule has 33 heavy (non-hydrogen) atoms. The number of benzene rings is 3. The van der Waals surface area contributed by atoms with Crippen molar-refractivity contribution in [1.82, 2.24) is 9.62 Å². The molecule has 9 heteroatoms. The van der Waals surface area contributed by atoms with Gasteiger partial charge in [0.15, 0.2) is 0 Å². The summed E-state index contributed by atoms with van der Waals surface area (Å²) in [5.74, 6) is 0.270. The lowest BCUT2D eigenvalue weighted by Gasteiger charge is -2.22. The van der Waals surface area contributed by atoms with Crippen molar-refractivity contribution in [3.05, 3.63) is 93.5 Å². The molecule has 0 spiro atoms. The van der Waals surface area contributed by atoms with E-state index in [-0.39, 0.29) is 24.5 Å². The molecule has 3 aromatic carbocycles. The number of nitrogens with zero attached hydrogens (tertiary/aromatic N) is 1. The van der Waals surface area contributed by atoms with Crippen molar-refractivity contribution < 1.29 is 17.9 Å². The smallest absolute Gasteiger partial charge is 0.243 e. The molecule has 0 heterocycles. The first-order chi connectivity index (χ1) is 15.7. The minimum absolute atomic E-state index is 0.0812. The molecule has 0 radical (unpaired) electrons. The topological polar surface area (TPSA) is 75.7 Å². The van der Waals surface area contributed by atoms with Gasteiger partial charge in [0.2, 0.25) is 15.9 Å². The Hall–Kier alpha value is -2.58. The highest BCUT2D eigenvalue weighted by molar-refractivity contribution is 7.89. The summed E-state index contributed by atoms with van der Waals surface area (Å²) in [6.07, 6.45) is 0. The number of sulfonamides is 1. The van der Waals surface area contributed by atoms with Gasteiger partial charge in [-0.2, -0.15) is 4.31 Å². The Morgan fingerprint density at radius 3 is 2.27 bits per heavy atom. The number of ether oxygens (including phenoxy) is 1. The molecule has 0 atom stereocenters. The highest BCUT2D eigenvalue weighted by Gasteiger charge is 2.27. The summed E-state index contributed by atoms with van der Waals surface area (Å²) in [6, 6.07) is 18.5. The van der Waals surface area contributed by atoms with Gasteiger partial charge in [-0.25, -0.2) is 8.42 Å². The fourth-order valence-corrected chi connectivity index (χ4v) is 4.93. The van der Waals surface area contributed by atoms with Gasteiger partial charge in [0, 0.05) is 23.1 Å². The van der Waals surface area contributed by atoms with Gasteiger partial charge in [-0.15, -0.1) is 0 Å². The van der Waals surface area contributed by atoms with Crippen LogP contribution in [-0.4, -0.2) is 32.3 Å². The summed E-state index contributed by atoms with van der Waals surface area (Å²) in [5.41, 5.74) is 2.33. The van der Waals surface area contributed by atoms with Crippen LogP contribution in [0.5, 0.6) is 5.75 Å². The Bertz CT molecular complexity index is 1210. The SMILES string of the molecule is COc1ccc(CNC(=O)CN(Cc2ccc(Cl)cc2Cl)S(=O)(=O)c2ccc(C)cc2)cc1. The molecule has 174 valence electrons. The number of hydrogen-bond donors (Lipinski definition) is 1. The maximum Gasteiger partial charge on any atom is 0.243 e. The zero-order chi connectivity index (χ0) is 24.0. The molecule has 0 aliphatic heterocycles. The predicted molar refractivity (Wildman–Crippen MR) is 130 cm³/mol. The number of halogens is 2. The van der Waals surface area contributed by atoms with Crippen LogP contribution < -0.4 is 10.1 Å². The van der Waals surface area contributed by atoms with Crippen LogP contribution in [0.2, 0.25) is 10.0 Å². The third kappa shape index (κ3) is 6.71. The third-order valence-electron chi connectivity index (χ3n) is 4.99. The van der Waals surface area contributed by atoms with Gasteiger partial charge in [0.25, 0.3) is 0 Å². The van der Waals surface area contributed by atoms with Crippen LogP contribution in [0.15, 0.2) is 71.6 Å². The van der Waals surface area contributed by atoms with E-state index in [9.17, 15) is 13.2 Å². The zero-order valence-corrected chi connectivity index (χ0v) is 20.5. The quantitative estimate of drug-likeness (QED) is 0.451. The van der Waals surface area contributed by atoms with E-state index in [2.05, 4.69) is 5.32 Å². The third-order valence-corrected chi connectivity index (χ3v) is 7.38. The summed E-state index contributed by atoms with van der Waals surface area (Å²) in [5, 5.41) is 3.53. The summed E-state index contributed by atoms with van der Waals surface area (Å²) < 4.78 is 33.0. The molecule has 3 aromatic rings. The number of carbonyl (C=O) groups is 1. The van der Waals surface area contributed by atoms with Gasteiger partial charge in [-0.1, -0.05) is 59.1 Å². The number of methoxy groups -OCH3 is 1. The van der Waals surface area contributed by atoms with Crippen molar-refractivity contribution in [2.75, 3.05) is 13.7 Å². The van der Waals surface area contributed by atoms with Gasteiger partial charge < -0.3 is 10.1 Å². The van der Waals surface area contributed by atoms with E-state index in [1.54, 1.807) is 49.6 Å². The molecule has 0 fully saturated rings. The summed E-state index contributed by atoms with van der Waals surface area (Å²) in [7, 11) is -2.39. The molecule has 0 saturated carbocycles. The molecular formula is C24H24Cl2N2O4S. The maximum atomic E-state index is 13.4. The average Bonchev–Trinajstić information content (AvgIpc) is 2.79. The molecule has 3 rings (SSSR count). The van der Waals surface area contributed by atoms with Gasteiger partial charge in [0.1, 0.15) is 5.75 Å². The number of aryl methyl sites for hydroxylation is 1. The lowest BCUT2D eigenvalue weighted by atomic mass is 10.2. The van der Waals surface area contributed by atoms with Crippen molar-refractivity contribution in [3.63, 3.8) is 0 Å². The molecule has 0 aliphatic carbocycles. The Kier molecular flexibility index (Phi) is 8.37. The fourth-order valence-electron chi connectivity index (χ4n) is 3.09. The first-order valence-electron chi connectivity index (χ1n) is 10.1. The highest BCUT2D eigenvalue weighted by atomic mass is 35.5. The lowest BCUT2D eigenvalue weighted by Crippen LogP contribution is -2.40. The van der Waals surface area contributed by atoms with Crippen LogP contribution >= 0.6 is 23.2 Å². The minimum Gasteiger partial charge on any atom is -0.497 e. The molecule has 0 aliphatic rings. The van der Waals surface area contributed by atoms with E-state index in [1.165, 1.54) is 12.1 Å². The molecule has 6 nitrogen and oxygen atoms in total. The van der Waals surface area contributed by atoms with Crippen LogP contribution in [0.25, 0.3) is 0 Å². The van der Waals surface area contributed by atoms with Gasteiger partial charge in [-0.05, 0) is 54.4 Å². The molecule has 1 N–H and O–H groups in total. The zero-order valence-electron chi connectivity index (χ0n) is 18.2. The van der Waals surface area contributed by atoms with Crippen LogP contribution in [0, 0.1) is 6.92 Å². The van der Waals surface area contributed by atoms with Crippen molar-refractivity contribution in [3.8, 4) is 5.75 Å². The Morgan fingerprint density at radius 1 is 1.00 bits per heavy atom. The Balaban J connectivity index is 1.80. The summed E-state index contributed by atoms with van der Waals surface area (Å²) >= 11 is 12.2. The van der Waals surface area contributed by atoms with Gasteiger partial charge >= 0.3 is 0 Å². The summed E-state index contributed by atoms with van der Waals surface area (Å²) in [4.78, 5) is 12.8. The first kappa shape index (κ1) is 25.1. The number of amides is 1. The van der Waals surface area contributed by atoms with Crippen molar-refractivity contribution >= 4 is 39.1 Å². The lowest BCUT2D eigenvalue weighted by molar-refractivity contribution is -0.121. The largest absolute Gasteiger partial charge is 0.497 e. The van der Waals surface area contributed by atoms with Crippen molar-refractivity contribution in [2.24, 2.45) is 0 Å². The molecule has 0 bridgehead atoms.